The summed E-state index contributed by atoms with van der Waals surface area (Å²) in [5, 5.41) is 0. The van der Waals surface area contributed by atoms with Gasteiger partial charge in [-0.05, 0) is 18.1 Å². The summed E-state index contributed by atoms with van der Waals surface area (Å²) in [6.07, 6.45) is 3.59. The van der Waals surface area contributed by atoms with Gasteiger partial charge in [-0.3, -0.25) is 9.98 Å². The number of aryl methyl sites for hydroxylation is 1. The van der Waals surface area contributed by atoms with Gasteiger partial charge in [0, 0.05) is 12.6 Å². The van der Waals surface area contributed by atoms with Crippen LogP contribution < -0.4 is 5.73 Å². The minimum absolute atomic E-state index is 0.601. The normalized spacial score (nSPS) is 11.7. The standard InChI is InChI=1S/C11H17N3/c1-3-9-6-5-7-13-10(9)8-14-11(12)4-2/h5-7H,3-4,8H2,1-2H3,(H2,12,14). The zero-order valence-electron chi connectivity index (χ0n) is 8.83. The number of nitrogens with zero attached hydrogens (tertiary/aromatic N) is 2. The second-order valence-corrected chi connectivity index (χ2v) is 3.12. The molecule has 0 aromatic carbocycles. The molecule has 0 radical (unpaired) electrons. The van der Waals surface area contributed by atoms with Crippen LogP contribution in [0.25, 0.3) is 0 Å². The van der Waals surface area contributed by atoms with Gasteiger partial charge in [0.2, 0.25) is 0 Å². The van der Waals surface area contributed by atoms with Crippen LogP contribution in [0.1, 0.15) is 31.5 Å². The predicted molar refractivity (Wildman–Crippen MR) is 59.2 cm³/mol. The lowest BCUT2D eigenvalue weighted by Gasteiger charge is -2.03. The number of hydrogen-bond acceptors (Lipinski definition) is 2. The van der Waals surface area contributed by atoms with Gasteiger partial charge in [0.05, 0.1) is 18.1 Å². The van der Waals surface area contributed by atoms with Crippen molar-refractivity contribution in [3.63, 3.8) is 0 Å². The third kappa shape index (κ3) is 2.83. The summed E-state index contributed by atoms with van der Waals surface area (Å²) in [6.45, 7) is 4.72. The lowest BCUT2D eigenvalue weighted by atomic mass is 10.1. The van der Waals surface area contributed by atoms with E-state index in [4.69, 9.17) is 5.73 Å². The summed E-state index contributed by atoms with van der Waals surface area (Å²) < 4.78 is 0. The molecular formula is C11H17N3. The smallest absolute Gasteiger partial charge is 0.0939 e. The third-order valence-corrected chi connectivity index (χ3v) is 2.16. The maximum Gasteiger partial charge on any atom is 0.0939 e. The van der Waals surface area contributed by atoms with Gasteiger partial charge in [-0.15, -0.1) is 0 Å². The molecule has 1 rings (SSSR count). The van der Waals surface area contributed by atoms with Crippen LogP contribution >= 0.6 is 0 Å². The first-order chi connectivity index (χ1) is 6.77. The maximum absolute atomic E-state index is 5.63. The molecule has 0 fully saturated rings. The van der Waals surface area contributed by atoms with Crippen LogP contribution in [-0.4, -0.2) is 10.8 Å². The van der Waals surface area contributed by atoms with E-state index in [0.717, 1.165) is 18.5 Å². The van der Waals surface area contributed by atoms with Crippen LogP contribution in [0.2, 0.25) is 0 Å². The number of amidine groups is 1. The van der Waals surface area contributed by atoms with Crippen molar-refractivity contribution in [2.45, 2.75) is 33.2 Å². The largest absolute Gasteiger partial charge is 0.387 e. The Morgan fingerprint density at radius 3 is 2.93 bits per heavy atom. The van der Waals surface area contributed by atoms with Gasteiger partial charge >= 0.3 is 0 Å². The molecule has 0 saturated carbocycles. The summed E-state index contributed by atoms with van der Waals surface area (Å²) in [7, 11) is 0. The lowest BCUT2D eigenvalue weighted by molar-refractivity contribution is 0.927. The van der Waals surface area contributed by atoms with Crippen LogP contribution in [0.15, 0.2) is 23.3 Å². The molecule has 0 bridgehead atoms. The predicted octanol–water partition coefficient (Wildman–Crippen LogP) is 1.91. The first kappa shape index (κ1) is 10.7. The van der Waals surface area contributed by atoms with Crippen molar-refractivity contribution < 1.29 is 0 Å². The summed E-state index contributed by atoms with van der Waals surface area (Å²) in [5.41, 5.74) is 7.92. The van der Waals surface area contributed by atoms with Gasteiger partial charge in [0.25, 0.3) is 0 Å². The lowest BCUT2D eigenvalue weighted by Crippen LogP contribution is -2.10. The highest BCUT2D eigenvalue weighted by Gasteiger charge is 1.99. The molecule has 76 valence electrons. The number of rotatable bonds is 4. The summed E-state index contributed by atoms with van der Waals surface area (Å²) in [4.78, 5) is 8.55. The molecule has 3 heteroatoms. The van der Waals surface area contributed by atoms with E-state index in [9.17, 15) is 0 Å². The number of hydrogen-bond donors (Lipinski definition) is 1. The van der Waals surface area contributed by atoms with Gasteiger partial charge in [-0.1, -0.05) is 19.9 Å². The van der Waals surface area contributed by atoms with Gasteiger partial charge in [-0.25, -0.2) is 0 Å². The van der Waals surface area contributed by atoms with Crippen molar-refractivity contribution in [2.75, 3.05) is 0 Å². The van der Waals surface area contributed by atoms with Crippen LogP contribution in [0.3, 0.4) is 0 Å². The zero-order valence-corrected chi connectivity index (χ0v) is 8.83. The van der Waals surface area contributed by atoms with E-state index in [1.54, 1.807) is 6.20 Å². The van der Waals surface area contributed by atoms with Crippen molar-refractivity contribution in [1.29, 1.82) is 0 Å². The molecule has 0 aliphatic heterocycles. The van der Waals surface area contributed by atoms with Crippen LogP contribution in [0, 0.1) is 0 Å². The highest BCUT2D eigenvalue weighted by Crippen LogP contribution is 2.07. The number of aromatic nitrogens is 1. The Morgan fingerprint density at radius 1 is 1.50 bits per heavy atom. The fourth-order valence-corrected chi connectivity index (χ4v) is 1.22. The molecule has 0 unspecified atom stereocenters. The Kier molecular flexibility index (Phi) is 4.11. The molecule has 0 spiro atoms. The van der Waals surface area contributed by atoms with Crippen LogP contribution in [-0.2, 0) is 13.0 Å². The highest BCUT2D eigenvalue weighted by atomic mass is 14.9. The minimum Gasteiger partial charge on any atom is -0.387 e. The Bertz CT molecular complexity index is 318. The van der Waals surface area contributed by atoms with E-state index in [1.807, 2.05) is 13.0 Å². The summed E-state index contributed by atoms with van der Waals surface area (Å²) >= 11 is 0. The second-order valence-electron chi connectivity index (χ2n) is 3.12. The molecule has 0 saturated heterocycles. The molecule has 0 aliphatic rings. The molecule has 2 N–H and O–H groups in total. The Labute approximate surface area is 85.1 Å². The van der Waals surface area contributed by atoms with E-state index in [-0.39, 0.29) is 0 Å². The average Bonchev–Trinajstić information content (AvgIpc) is 2.26. The topological polar surface area (TPSA) is 51.3 Å². The molecule has 0 aliphatic carbocycles. The van der Waals surface area contributed by atoms with Crippen LogP contribution in [0.5, 0.6) is 0 Å². The van der Waals surface area contributed by atoms with E-state index in [1.165, 1.54) is 5.56 Å². The molecular weight excluding hydrogens is 174 g/mol. The molecule has 0 amide bonds. The van der Waals surface area contributed by atoms with Gasteiger partial charge < -0.3 is 5.73 Å². The summed E-state index contributed by atoms with van der Waals surface area (Å²) in [6, 6.07) is 4.04. The van der Waals surface area contributed by atoms with E-state index in [0.29, 0.717) is 12.4 Å². The molecule has 1 heterocycles. The molecule has 14 heavy (non-hydrogen) atoms. The SMILES string of the molecule is CCC(N)=NCc1ncccc1CC. The molecule has 1 aromatic heterocycles. The van der Waals surface area contributed by atoms with E-state index in [2.05, 4.69) is 23.0 Å². The average molecular weight is 191 g/mol. The fourth-order valence-electron chi connectivity index (χ4n) is 1.22. The van der Waals surface area contributed by atoms with Crippen LogP contribution in [0.4, 0.5) is 0 Å². The second kappa shape index (κ2) is 5.37. The quantitative estimate of drug-likeness (QED) is 0.584. The minimum atomic E-state index is 0.601. The Hall–Kier alpha value is -1.38. The first-order valence-corrected chi connectivity index (χ1v) is 4.99. The summed E-state index contributed by atoms with van der Waals surface area (Å²) in [5.74, 6) is 0.692. The highest BCUT2D eigenvalue weighted by molar-refractivity contribution is 5.79. The van der Waals surface area contributed by atoms with Gasteiger partial charge in [-0.2, -0.15) is 0 Å². The van der Waals surface area contributed by atoms with E-state index >= 15 is 0 Å². The van der Waals surface area contributed by atoms with Crippen molar-refractivity contribution >= 4 is 5.84 Å². The first-order valence-electron chi connectivity index (χ1n) is 4.99. The maximum atomic E-state index is 5.63. The fraction of sp³-hybridized carbons (Fsp3) is 0.455. The monoisotopic (exact) mass is 191 g/mol. The number of pyridine rings is 1. The molecule has 0 atom stereocenters. The van der Waals surface area contributed by atoms with Crippen molar-refractivity contribution in [3.05, 3.63) is 29.6 Å². The van der Waals surface area contributed by atoms with Crippen molar-refractivity contribution in [2.24, 2.45) is 10.7 Å². The number of nitrogens with two attached hydrogens (primary N) is 1. The van der Waals surface area contributed by atoms with Crippen molar-refractivity contribution in [3.8, 4) is 0 Å². The Balaban J connectivity index is 2.76. The van der Waals surface area contributed by atoms with Gasteiger partial charge in [0.1, 0.15) is 0 Å². The van der Waals surface area contributed by atoms with Gasteiger partial charge in [0.15, 0.2) is 0 Å². The molecule has 3 nitrogen and oxygen atoms in total. The third-order valence-electron chi connectivity index (χ3n) is 2.16. The number of aliphatic imine (C=N–C) groups is 1. The Morgan fingerprint density at radius 2 is 2.29 bits per heavy atom. The van der Waals surface area contributed by atoms with Crippen molar-refractivity contribution in [1.82, 2.24) is 4.98 Å². The molecule has 1 aromatic rings. The zero-order chi connectivity index (χ0) is 10.4. The van der Waals surface area contributed by atoms with E-state index < -0.39 is 0 Å².